The number of benzene rings is 1. The van der Waals surface area contributed by atoms with Gasteiger partial charge in [0.05, 0.1) is 5.92 Å². The predicted molar refractivity (Wildman–Crippen MR) is 88.7 cm³/mol. The Morgan fingerprint density at radius 2 is 1.91 bits per heavy atom. The molecule has 2 amide bonds. The number of amides is 2. The van der Waals surface area contributed by atoms with Crippen molar-refractivity contribution in [2.45, 2.75) is 19.4 Å². The third kappa shape index (κ3) is 3.91. The van der Waals surface area contributed by atoms with E-state index in [9.17, 15) is 9.59 Å². The Bertz CT molecular complexity index is 561. The van der Waals surface area contributed by atoms with Gasteiger partial charge in [0.15, 0.2) is 0 Å². The summed E-state index contributed by atoms with van der Waals surface area (Å²) < 4.78 is 0. The average Bonchev–Trinajstić information content (AvgIpc) is 2.76. The number of likely N-dealkylation sites (tertiary alicyclic amines) is 1. The highest BCUT2D eigenvalue weighted by Crippen LogP contribution is 2.20. The second kappa shape index (κ2) is 7.13. The van der Waals surface area contributed by atoms with Crippen molar-refractivity contribution in [1.82, 2.24) is 14.7 Å². The molecule has 5 nitrogen and oxygen atoms in total. The molecule has 2 aliphatic heterocycles. The van der Waals surface area contributed by atoms with E-state index < -0.39 is 0 Å². The lowest BCUT2D eigenvalue weighted by Crippen LogP contribution is -2.39. The van der Waals surface area contributed by atoms with Crippen LogP contribution in [0.5, 0.6) is 0 Å². The molecule has 2 aliphatic rings. The Labute approximate surface area is 137 Å². The molecule has 3 rings (SSSR count). The summed E-state index contributed by atoms with van der Waals surface area (Å²) in [6.07, 6.45) is 1.37. The lowest BCUT2D eigenvalue weighted by molar-refractivity contribution is -0.135. The number of hydrogen-bond donors (Lipinski definition) is 0. The standard InChI is InChI=1S/C18H25N3O2/c1-19-14-16(12-17(19)22)18(23)21-9-5-8-20(10-11-21)13-15-6-3-2-4-7-15/h2-4,6-7,16H,5,8-14H2,1H3. The molecule has 1 unspecified atom stereocenters. The highest BCUT2D eigenvalue weighted by atomic mass is 16.2. The van der Waals surface area contributed by atoms with Crippen molar-refractivity contribution in [3.05, 3.63) is 35.9 Å². The molecule has 0 radical (unpaired) electrons. The second-order valence-electron chi connectivity index (χ2n) is 6.62. The van der Waals surface area contributed by atoms with Gasteiger partial charge in [-0.3, -0.25) is 14.5 Å². The molecule has 2 heterocycles. The molecule has 0 N–H and O–H groups in total. The molecule has 2 saturated heterocycles. The van der Waals surface area contributed by atoms with Gasteiger partial charge in [-0.2, -0.15) is 0 Å². The summed E-state index contributed by atoms with van der Waals surface area (Å²) in [6.45, 7) is 4.99. The lowest BCUT2D eigenvalue weighted by Gasteiger charge is -2.24. The van der Waals surface area contributed by atoms with E-state index in [4.69, 9.17) is 0 Å². The van der Waals surface area contributed by atoms with Crippen LogP contribution in [0.3, 0.4) is 0 Å². The zero-order valence-electron chi connectivity index (χ0n) is 13.8. The van der Waals surface area contributed by atoms with Gasteiger partial charge < -0.3 is 9.80 Å². The van der Waals surface area contributed by atoms with Crippen LogP contribution in [0.2, 0.25) is 0 Å². The largest absolute Gasteiger partial charge is 0.345 e. The first-order chi connectivity index (χ1) is 11.1. The maximum atomic E-state index is 12.6. The molecule has 0 aliphatic carbocycles. The summed E-state index contributed by atoms with van der Waals surface area (Å²) in [7, 11) is 1.78. The van der Waals surface area contributed by atoms with Gasteiger partial charge in [-0.1, -0.05) is 30.3 Å². The van der Waals surface area contributed by atoms with Crippen molar-refractivity contribution in [2.75, 3.05) is 39.8 Å². The van der Waals surface area contributed by atoms with Gasteiger partial charge in [-0.15, -0.1) is 0 Å². The van der Waals surface area contributed by atoms with E-state index in [1.807, 2.05) is 11.0 Å². The molecular formula is C18H25N3O2. The molecule has 0 saturated carbocycles. The van der Waals surface area contributed by atoms with E-state index >= 15 is 0 Å². The minimum atomic E-state index is -0.145. The van der Waals surface area contributed by atoms with Crippen molar-refractivity contribution in [2.24, 2.45) is 5.92 Å². The van der Waals surface area contributed by atoms with Crippen molar-refractivity contribution >= 4 is 11.8 Å². The van der Waals surface area contributed by atoms with Gasteiger partial charge in [0.25, 0.3) is 0 Å². The Balaban J connectivity index is 1.54. The Morgan fingerprint density at radius 3 is 2.61 bits per heavy atom. The van der Waals surface area contributed by atoms with Crippen LogP contribution in [0.4, 0.5) is 0 Å². The van der Waals surface area contributed by atoms with E-state index in [2.05, 4.69) is 29.2 Å². The first-order valence-corrected chi connectivity index (χ1v) is 8.42. The Hall–Kier alpha value is -1.88. The van der Waals surface area contributed by atoms with E-state index in [1.165, 1.54) is 5.56 Å². The fourth-order valence-electron chi connectivity index (χ4n) is 3.48. The summed E-state index contributed by atoms with van der Waals surface area (Å²) in [6, 6.07) is 10.5. The highest BCUT2D eigenvalue weighted by molar-refractivity contribution is 5.89. The van der Waals surface area contributed by atoms with Crippen LogP contribution < -0.4 is 0 Å². The van der Waals surface area contributed by atoms with Gasteiger partial charge in [0.1, 0.15) is 0 Å². The maximum absolute atomic E-state index is 12.6. The monoisotopic (exact) mass is 315 g/mol. The molecule has 0 aromatic heterocycles. The second-order valence-corrected chi connectivity index (χ2v) is 6.62. The summed E-state index contributed by atoms with van der Waals surface area (Å²) >= 11 is 0. The van der Waals surface area contributed by atoms with Crippen molar-refractivity contribution in [3.63, 3.8) is 0 Å². The van der Waals surface area contributed by atoms with Crippen LogP contribution in [0.1, 0.15) is 18.4 Å². The van der Waals surface area contributed by atoms with E-state index in [1.54, 1.807) is 11.9 Å². The molecule has 2 fully saturated rings. The third-order valence-electron chi connectivity index (χ3n) is 4.84. The zero-order valence-corrected chi connectivity index (χ0v) is 13.8. The minimum Gasteiger partial charge on any atom is -0.345 e. The quantitative estimate of drug-likeness (QED) is 0.842. The SMILES string of the molecule is CN1CC(C(=O)N2CCCN(Cc3ccccc3)CC2)CC1=O. The van der Waals surface area contributed by atoms with Crippen molar-refractivity contribution < 1.29 is 9.59 Å². The fraction of sp³-hybridized carbons (Fsp3) is 0.556. The van der Waals surface area contributed by atoms with E-state index in [-0.39, 0.29) is 17.7 Å². The van der Waals surface area contributed by atoms with Crippen molar-refractivity contribution in [3.8, 4) is 0 Å². The maximum Gasteiger partial charge on any atom is 0.228 e. The number of nitrogens with zero attached hydrogens (tertiary/aromatic N) is 3. The molecule has 124 valence electrons. The summed E-state index contributed by atoms with van der Waals surface area (Å²) in [5.41, 5.74) is 1.32. The predicted octanol–water partition coefficient (Wildman–Crippen LogP) is 1.20. The van der Waals surface area contributed by atoms with Gasteiger partial charge in [-0.25, -0.2) is 0 Å². The number of rotatable bonds is 3. The molecule has 23 heavy (non-hydrogen) atoms. The lowest BCUT2D eigenvalue weighted by atomic mass is 10.1. The van der Waals surface area contributed by atoms with Crippen LogP contribution in [0.25, 0.3) is 0 Å². The first kappa shape index (κ1) is 16.0. The normalized spacial score (nSPS) is 23.2. The van der Waals surface area contributed by atoms with Gasteiger partial charge in [-0.05, 0) is 12.0 Å². The van der Waals surface area contributed by atoms with Crippen LogP contribution >= 0.6 is 0 Å². The summed E-state index contributed by atoms with van der Waals surface area (Å²) in [5.74, 6) is 0.0984. The smallest absolute Gasteiger partial charge is 0.228 e. The molecule has 0 spiro atoms. The average molecular weight is 315 g/mol. The molecule has 0 bridgehead atoms. The van der Waals surface area contributed by atoms with Crippen molar-refractivity contribution in [1.29, 1.82) is 0 Å². The first-order valence-electron chi connectivity index (χ1n) is 8.42. The molecular weight excluding hydrogens is 290 g/mol. The molecule has 1 atom stereocenters. The van der Waals surface area contributed by atoms with Gasteiger partial charge in [0, 0.05) is 52.7 Å². The Kier molecular flexibility index (Phi) is 4.96. The summed E-state index contributed by atoms with van der Waals surface area (Å²) in [5, 5.41) is 0. The highest BCUT2D eigenvalue weighted by Gasteiger charge is 2.35. The minimum absolute atomic E-state index is 0.0869. The summed E-state index contributed by atoms with van der Waals surface area (Å²) in [4.78, 5) is 30.3. The Morgan fingerprint density at radius 1 is 1.13 bits per heavy atom. The van der Waals surface area contributed by atoms with Gasteiger partial charge >= 0.3 is 0 Å². The number of carbonyl (C=O) groups excluding carboxylic acids is 2. The van der Waals surface area contributed by atoms with Crippen LogP contribution in [-0.4, -0.2) is 66.3 Å². The fourth-order valence-corrected chi connectivity index (χ4v) is 3.48. The zero-order chi connectivity index (χ0) is 16.2. The van der Waals surface area contributed by atoms with E-state index in [0.717, 1.165) is 39.1 Å². The van der Waals surface area contributed by atoms with Crippen LogP contribution in [0.15, 0.2) is 30.3 Å². The third-order valence-corrected chi connectivity index (χ3v) is 4.84. The topological polar surface area (TPSA) is 43.9 Å². The van der Waals surface area contributed by atoms with Crippen LogP contribution in [0, 0.1) is 5.92 Å². The molecule has 5 heteroatoms. The molecule has 1 aromatic carbocycles. The van der Waals surface area contributed by atoms with Crippen LogP contribution in [-0.2, 0) is 16.1 Å². The van der Waals surface area contributed by atoms with E-state index in [0.29, 0.717) is 13.0 Å². The molecule has 1 aromatic rings. The van der Waals surface area contributed by atoms with Gasteiger partial charge in [0.2, 0.25) is 11.8 Å². The number of carbonyl (C=O) groups is 2. The number of hydrogen-bond acceptors (Lipinski definition) is 3.